The Kier molecular flexibility index (Phi) is 4.84. The largest absolute Gasteiger partial charge is 0.466 e. The van der Waals surface area contributed by atoms with Crippen molar-refractivity contribution >= 4 is 32.8 Å². The van der Waals surface area contributed by atoms with Gasteiger partial charge in [-0.05, 0) is 43.0 Å². The zero-order valence-electron chi connectivity index (χ0n) is 12.7. The van der Waals surface area contributed by atoms with Gasteiger partial charge in [0.15, 0.2) is 0 Å². The second kappa shape index (κ2) is 6.84. The molecule has 1 atom stereocenters. The van der Waals surface area contributed by atoms with Gasteiger partial charge in [-0.25, -0.2) is 0 Å². The van der Waals surface area contributed by atoms with E-state index in [4.69, 9.17) is 9.47 Å². The van der Waals surface area contributed by atoms with Crippen LogP contribution in [0.15, 0.2) is 18.2 Å². The van der Waals surface area contributed by atoms with Gasteiger partial charge >= 0.3 is 5.97 Å². The number of aryl methyl sites for hydroxylation is 1. The van der Waals surface area contributed by atoms with Crippen LogP contribution in [0.2, 0.25) is 0 Å². The molecular formula is C17H20BrNO3. The Labute approximate surface area is 138 Å². The molecule has 1 N–H and O–H groups in total. The molecule has 2 aromatic rings. The van der Waals surface area contributed by atoms with Gasteiger partial charge in [0.05, 0.1) is 19.6 Å². The van der Waals surface area contributed by atoms with Crippen molar-refractivity contribution in [2.45, 2.75) is 32.3 Å². The van der Waals surface area contributed by atoms with E-state index in [1.807, 2.05) is 6.92 Å². The van der Waals surface area contributed by atoms with Gasteiger partial charge in [-0.3, -0.25) is 4.79 Å². The summed E-state index contributed by atoms with van der Waals surface area (Å²) in [6.45, 7) is 2.87. The van der Waals surface area contributed by atoms with Crippen LogP contribution >= 0.6 is 15.9 Å². The Balaban J connectivity index is 1.93. The number of hydrogen-bond acceptors (Lipinski definition) is 3. The van der Waals surface area contributed by atoms with Crippen molar-refractivity contribution in [3.05, 3.63) is 35.0 Å². The number of ether oxygens (including phenoxy) is 2. The molecule has 3 rings (SSSR count). The highest BCUT2D eigenvalue weighted by Crippen LogP contribution is 2.35. The zero-order valence-corrected chi connectivity index (χ0v) is 14.2. The summed E-state index contributed by atoms with van der Waals surface area (Å²) < 4.78 is 10.8. The first-order chi connectivity index (χ1) is 10.7. The van der Waals surface area contributed by atoms with Gasteiger partial charge in [0.1, 0.15) is 6.10 Å². The third kappa shape index (κ3) is 3.06. The molecule has 1 aromatic carbocycles. The maximum absolute atomic E-state index is 11.8. The molecular weight excluding hydrogens is 346 g/mol. The number of fused-ring (bicyclic) bond motifs is 3. The van der Waals surface area contributed by atoms with Crippen molar-refractivity contribution in [3.63, 3.8) is 0 Å². The molecule has 0 fully saturated rings. The number of carbonyl (C=O) groups excluding carboxylic acids is 1. The Hall–Kier alpha value is -1.33. The third-order valence-electron chi connectivity index (χ3n) is 4.04. The average Bonchev–Trinajstić information content (AvgIpc) is 2.87. The van der Waals surface area contributed by atoms with Crippen molar-refractivity contribution in [1.82, 2.24) is 4.98 Å². The highest BCUT2D eigenvalue weighted by Gasteiger charge is 2.27. The normalized spacial score (nSPS) is 17.5. The summed E-state index contributed by atoms with van der Waals surface area (Å²) >= 11 is 3.49. The van der Waals surface area contributed by atoms with Crippen molar-refractivity contribution in [2.75, 3.05) is 18.5 Å². The third-order valence-corrected chi connectivity index (χ3v) is 4.43. The van der Waals surface area contributed by atoms with Crippen LogP contribution in [0.5, 0.6) is 0 Å². The van der Waals surface area contributed by atoms with Crippen molar-refractivity contribution in [3.8, 4) is 0 Å². The van der Waals surface area contributed by atoms with Crippen LogP contribution in [0, 0.1) is 0 Å². The van der Waals surface area contributed by atoms with Gasteiger partial charge in [-0.1, -0.05) is 22.0 Å². The van der Waals surface area contributed by atoms with Crippen LogP contribution in [0.4, 0.5) is 0 Å². The number of rotatable bonds is 5. The molecule has 4 nitrogen and oxygen atoms in total. The second-order valence-corrected chi connectivity index (χ2v) is 6.25. The fourth-order valence-electron chi connectivity index (χ4n) is 3.04. The van der Waals surface area contributed by atoms with Crippen LogP contribution in [0.3, 0.4) is 0 Å². The highest BCUT2D eigenvalue weighted by molar-refractivity contribution is 9.09. The smallest absolute Gasteiger partial charge is 0.308 e. The van der Waals surface area contributed by atoms with E-state index >= 15 is 0 Å². The minimum absolute atomic E-state index is 0.209. The highest BCUT2D eigenvalue weighted by atomic mass is 79.9. The van der Waals surface area contributed by atoms with E-state index in [1.54, 1.807) is 0 Å². The molecule has 0 bridgehead atoms. The summed E-state index contributed by atoms with van der Waals surface area (Å²) in [5.41, 5.74) is 4.75. The van der Waals surface area contributed by atoms with Gasteiger partial charge < -0.3 is 14.5 Å². The van der Waals surface area contributed by atoms with E-state index < -0.39 is 0 Å². The first-order valence-electron chi connectivity index (χ1n) is 7.69. The number of aromatic amines is 1. The minimum Gasteiger partial charge on any atom is -0.466 e. The van der Waals surface area contributed by atoms with Gasteiger partial charge in [-0.2, -0.15) is 0 Å². The van der Waals surface area contributed by atoms with Crippen LogP contribution in [-0.4, -0.2) is 29.5 Å². The molecule has 118 valence electrons. The molecule has 1 aliphatic rings. The molecule has 1 aromatic heterocycles. The van der Waals surface area contributed by atoms with Crippen LogP contribution in [0.25, 0.3) is 10.9 Å². The molecule has 5 heteroatoms. The summed E-state index contributed by atoms with van der Waals surface area (Å²) in [5.74, 6) is -0.209. The van der Waals surface area contributed by atoms with Crippen molar-refractivity contribution in [2.24, 2.45) is 0 Å². The Morgan fingerprint density at radius 1 is 1.50 bits per heavy atom. The number of halogens is 1. The fraction of sp³-hybridized carbons (Fsp3) is 0.471. The van der Waals surface area contributed by atoms with Gasteiger partial charge in [-0.15, -0.1) is 0 Å². The van der Waals surface area contributed by atoms with E-state index in [-0.39, 0.29) is 18.5 Å². The van der Waals surface area contributed by atoms with E-state index in [0.29, 0.717) is 13.2 Å². The number of carbonyl (C=O) groups is 1. The standard InChI is InChI=1S/C17H20BrNO3/c1-2-21-16(20)10-15-17-12(6-8-22-15)13-9-11(5-7-18)3-4-14(13)19-17/h3-4,9,15,19H,2,5-8,10H2,1H3. The summed E-state index contributed by atoms with van der Waals surface area (Å²) in [4.78, 5) is 15.2. The molecule has 0 spiro atoms. The zero-order chi connectivity index (χ0) is 15.5. The molecule has 0 saturated heterocycles. The van der Waals surface area contributed by atoms with Crippen LogP contribution < -0.4 is 0 Å². The first-order valence-corrected chi connectivity index (χ1v) is 8.81. The number of benzene rings is 1. The molecule has 0 saturated carbocycles. The maximum Gasteiger partial charge on any atom is 0.308 e. The Morgan fingerprint density at radius 3 is 3.14 bits per heavy atom. The second-order valence-electron chi connectivity index (χ2n) is 5.45. The lowest BCUT2D eigenvalue weighted by molar-refractivity contribution is -0.146. The quantitative estimate of drug-likeness (QED) is 0.649. The number of aromatic nitrogens is 1. The topological polar surface area (TPSA) is 51.3 Å². The molecule has 0 aliphatic carbocycles. The van der Waals surface area contributed by atoms with E-state index in [9.17, 15) is 4.79 Å². The van der Waals surface area contributed by atoms with Crippen LogP contribution in [0.1, 0.15) is 36.3 Å². The molecule has 22 heavy (non-hydrogen) atoms. The lowest BCUT2D eigenvalue weighted by Gasteiger charge is -2.22. The number of H-pyrrole nitrogens is 1. The molecule has 1 unspecified atom stereocenters. The number of esters is 1. The molecule has 0 amide bonds. The molecule has 2 heterocycles. The summed E-state index contributed by atoms with van der Waals surface area (Å²) in [5, 5.41) is 2.21. The monoisotopic (exact) mass is 365 g/mol. The van der Waals surface area contributed by atoms with Crippen LogP contribution in [-0.2, 0) is 27.1 Å². The number of hydrogen-bond donors (Lipinski definition) is 1. The van der Waals surface area contributed by atoms with Gasteiger partial charge in [0.25, 0.3) is 0 Å². The lowest BCUT2D eigenvalue weighted by atomic mass is 9.99. The predicted octanol–water partition coefficient (Wildman–Crippen LogP) is 3.67. The Bertz CT molecular complexity index is 680. The van der Waals surface area contributed by atoms with E-state index in [2.05, 4.69) is 39.1 Å². The van der Waals surface area contributed by atoms with Gasteiger partial charge in [0.2, 0.25) is 0 Å². The predicted molar refractivity (Wildman–Crippen MR) is 89.4 cm³/mol. The van der Waals surface area contributed by atoms with Crippen molar-refractivity contribution in [1.29, 1.82) is 0 Å². The SMILES string of the molecule is CCOC(=O)CC1OCCc2c1[nH]c1ccc(CCBr)cc21. The van der Waals surface area contributed by atoms with Gasteiger partial charge in [0, 0.05) is 21.9 Å². The average molecular weight is 366 g/mol. The van der Waals surface area contributed by atoms with Crippen molar-refractivity contribution < 1.29 is 14.3 Å². The number of alkyl halides is 1. The van der Waals surface area contributed by atoms with E-state index in [1.165, 1.54) is 16.5 Å². The fourth-order valence-corrected chi connectivity index (χ4v) is 3.50. The number of nitrogens with one attached hydrogen (secondary N) is 1. The maximum atomic E-state index is 11.8. The minimum atomic E-state index is -0.227. The lowest BCUT2D eigenvalue weighted by Crippen LogP contribution is -2.19. The molecule has 1 aliphatic heterocycles. The van der Waals surface area contributed by atoms with E-state index in [0.717, 1.165) is 29.4 Å². The summed E-state index contributed by atoms with van der Waals surface area (Å²) in [7, 11) is 0. The summed E-state index contributed by atoms with van der Waals surface area (Å²) in [6.07, 6.45) is 1.93. The molecule has 0 radical (unpaired) electrons. The Morgan fingerprint density at radius 2 is 2.36 bits per heavy atom. The first kappa shape index (κ1) is 15.6. The summed E-state index contributed by atoms with van der Waals surface area (Å²) in [6, 6.07) is 6.51.